The summed E-state index contributed by atoms with van der Waals surface area (Å²) in [7, 11) is 0. The highest BCUT2D eigenvalue weighted by Gasteiger charge is 2.36. The summed E-state index contributed by atoms with van der Waals surface area (Å²) < 4.78 is 0. The van der Waals surface area contributed by atoms with Gasteiger partial charge in [0.25, 0.3) is 0 Å². The first kappa shape index (κ1) is 9.72. The summed E-state index contributed by atoms with van der Waals surface area (Å²) in [6, 6.07) is 4.33. The normalized spacial score (nSPS) is 23.6. The topological polar surface area (TPSA) is 20.2 Å². The average Bonchev–Trinajstić information content (AvgIpc) is 2.21. The molecule has 0 amide bonds. The van der Waals surface area contributed by atoms with Crippen molar-refractivity contribution in [1.29, 1.82) is 0 Å². The Morgan fingerprint density at radius 2 is 1.93 bits per heavy atom. The third-order valence-corrected chi connectivity index (χ3v) is 3.25. The molecule has 14 heavy (non-hydrogen) atoms. The van der Waals surface area contributed by atoms with Gasteiger partial charge in [-0.3, -0.25) is 0 Å². The standard InChI is InChI=1S/C13H18O/c1-8-5-9(2)12-10(6-8)11(14)7-13(12,3)4/h5-6,11,14H,7H2,1-4H3/t11-/m0/s1. The molecular weight excluding hydrogens is 172 g/mol. The van der Waals surface area contributed by atoms with Crippen molar-refractivity contribution in [2.45, 2.75) is 45.6 Å². The van der Waals surface area contributed by atoms with E-state index in [-0.39, 0.29) is 11.5 Å². The Kier molecular flexibility index (Phi) is 1.97. The zero-order valence-electron chi connectivity index (χ0n) is 9.39. The highest BCUT2D eigenvalue weighted by Crippen LogP contribution is 2.46. The summed E-state index contributed by atoms with van der Waals surface area (Å²) in [5.74, 6) is 0. The van der Waals surface area contributed by atoms with Crippen LogP contribution in [0, 0.1) is 13.8 Å². The van der Waals surface area contributed by atoms with Crippen molar-refractivity contribution >= 4 is 0 Å². The van der Waals surface area contributed by atoms with Gasteiger partial charge in [0.2, 0.25) is 0 Å². The van der Waals surface area contributed by atoms with Gasteiger partial charge in [0.1, 0.15) is 0 Å². The number of benzene rings is 1. The Balaban J connectivity index is 2.69. The number of fused-ring (bicyclic) bond motifs is 1. The molecule has 1 aromatic carbocycles. The SMILES string of the molecule is Cc1cc(C)c2c(c1)[C@@H](O)CC2(C)C. The molecule has 1 aromatic rings. The summed E-state index contributed by atoms with van der Waals surface area (Å²) in [5.41, 5.74) is 5.20. The van der Waals surface area contributed by atoms with Crippen molar-refractivity contribution in [2.75, 3.05) is 0 Å². The molecule has 0 spiro atoms. The molecular formula is C13H18O. The van der Waals surface area contributed by atoms with E-state index in [9.17, 15) is 5.11 Å². The van der Waals surface area contributed by atoms with Gasteiger partial charge < -0.3 is 5.11 Å². The number of aliphatic hydroxyl groups is 1. The van der Waals surface area contributed by atoms with Gasteiger partial charge in [-0.05, 0) is 42.4 Å². The summed E-state index contributed by atoms with van der Waals surface area (Å²) in [5, 5.41) is 9.97. The molecule has 1 heteroatoms. The lowest BCUT2D eigenvalue weighted by atomic mass is 9.83. The lowest BCUT2D eigenvalue weighted by Crippen LogP contribution is -2.13. The van der Waals surface area contributed by atoms with Crippen molar-refractivity contribution in [2.24, 2.45) is 0 Å². The smallest absolute Gasteiger partial charge is 0.0801 e. The van der Waals surface area contributed by atoms with Crippen molar-refractivity contribution in [3.05, 3.63) is 34.4 Å². The average molecular weight is 190 g/mol. The van der Waals surface area contributed by atoms with Gasteiger partial charge in [0.15, 0.2) is 0 Å². The number of aryl methyl sites for hydroxylation is 2. The summed E-state index contributed by atoms with van der Waals surface area (Å²) in [6.45, 7) is 8.66. The fraction of sp³-hybridized carbons (Fsp3) is 0.538. The van der Waals surface area contributed by atoms with E-state index in [1.165, 1.54) is 16.7 Å². The number of aliphatic hydroxyl groups excluding tert-OH is 1. The number of hydrogen-bond acceptors (Lipinski definition) is 1. The quantitative estimate of drug-likeness (QED) is 0.666. The Hall–Kier alpha value is -0.820. The second-order valence-corrected chi connectivity index (χ2v) is 5.15. The Labute approximate surface area is 85.8 Å². The fourth-order valence-corrected chi connectivity index (χ4v) is 2.88. The van der Waals surface area contributed by atoms with E-state index in [1.807, 2.05) is 0 Å². The molecule has 0 aromatic heterocycles. The largest absolute Gasteiger partial charge is 0.388 e. The van der Waals surface area contributed by atoms with Crippen LogP contribution in [0.15, 0.2) is 12.1 Å². The zero-order chi connectivity index (χ0) is 10.5. The Morgan fingerprint density at radius 3 is 2.57 bits per heavy atom. The molecule has 0 aliphatic heterocycles. The van der Waals surface area contributed by atoms with E-state index in [4.69, 9.17) is 0 Å². The first-order valence-corrected chi connectivity index (χ1v) is 5.21. The predicted molar refractivity (Wildman–Crippen MR) is 58.5 cm³/mol. The molecule has 0 saturated carbocycles. The molecule has 0 heterocycles. The maximum atomic E-state index is 9.97. The lowest BCUT2D eigenvalue weighted by molar-refractivity contribution is 0.161. The Bertz CT molecular complexity index is 377. The molecule has 0 radical (unpaired) electrons. The van der Waals surface area contributed by atoms with Crippen molar-refractivity contribution in [3.63, 3.8) is 0 Å². The monoisotopic (exact) mass is 190 g/mol. The molecule has 1 aliphatic carbocycles. The number of rotatable bonds is 0. The predicted octanol–water partition coefficient (Wildman–Crippen LogP) is 3.02. The minimum Gasteiger partial charge on any atom is -0.388 e. The molecule has 1 N–H and O–H groups in total. The van der Waals surface area contributed by atoms with Gasteiger partial charge in [-0.15, -0.1) is 0 Å². The molecule has 2 rings (SSSR count). The van der Waals surface area contributed by atoms with Crippen LogP contribution in [-0.4, -0.2) is 5.11 Å². The van der Waals surface area contributed by atoms with Crippen molar-refractivity contribution in [1.82, 2.24) is 0 Å². The van der Waals surface area contributed by atoms with Crippen LogP contribution in [0.3, 0.4) is 0 Å². The lowest BCUT2D eigenvalue weighted by Gasteiger charge is -2.21. The molecule has 0 fully saturated rings. The molecule has 1 aliphatic rings. The van der Waals surface area contributed by atoms with Crippen LogP contribution in [0.5, 0.6) is 0 Å². The highest BCUT2D eigenvalue weighted by atomic mass is 16.3. The van der Waals surface area contributed by atoms with Crippen LogP contribution in [0.4, 0.5) is 0 Å². The zero-order valence-corrected chi connectivity index (χ0v) is 9.39. The first-order chi connectivity index (χ1) is 6.42. The van der Waals surface area contributed by atoms with Crippen LogP contribution in [0.2, 0.25) is 0 Å². The van der Waals surface area contributed by atoms with Crippen LogP contribution < -0.4 is 0 Å². The maximum Gasteiger partial charge on any atom is 0.0801 e. The van der Waals surface area contributed by atoms with Crippen LogP contribution >= 0.6 is 0 Å². The van der Waals surface area contributed by atoms with E-state index in [0.29, 0.717) is 0 Å². The van der Waals surface area contributed by atoms with E-state index in [2.05, 4.69) is 39.8 Å². The van der Waals surface area contributed by atoms with E-state index in [0.717, 1.165) is 12.0 Å². The van der Waals surface area contributed by atoms with Crippen LogP contribution in [0.25, 0.3) is 0 Å². The first-order valence-electron chi connectivity index (χ1n) is 5.21. The highest BCUT2D eigenvalue weighted by molar-refractivity contribution is 5.47. The van der Waals surface area contributed by atoms with E-state index in [1.54, 1.807) is 0 Å². The summed E-state index contributed by atoms with van der Waals surface area (Å²) in [4.78, 5) is 0. The molecule has 0 saturated heterocycles. The van der Waals surface area contributed by atoms with E-state index >= 15 is 0 Å². The minimum absolute atomic E-state index is 0.131. The molecule has 0 bridgehead atoms. The van der Waals surface area contributed by atoms with Crippen molar-refractivity contribution in [3.8, 4) is 0 Å². The molecule has 0 unspecified atom stereocenters. The van der Waals surface area contributed by atoms with Gasteiger partial charge in [-0.1, -0.05) is 31.5 Å². The Morgan fingerprint density at radius 1 is 1.29 bits per heavy atom. The van der Waals surface area contributed by atoms with Gasteiger partial charge in [0, 0.05) is 0 Å². The molecule has 1 nitrogen and oxygen atoms in total. The summed E-state index contributed by atoms with van der Waals surface area (Å²) >= 11 is 0. The van der Waals surface area contributed by atoms with Crippen molar-refractivity contribution < 1.29 is 5.11 Å². The van der Waals surface area contributed by atoms with Crippen LogP contribution in [-0.2, 0) is 5.41 Å². The summed E-state index contributed by atoms with van der Waals surface area (Å²) in [6.07, 6.45) is 0.589. The molecule has 1 atom stereocenters. The fourth-order valence-electron chi connectivity index (χ4n) is 2.88. The van der Waals surface area contributed by atoms with Gasteiger partial charge in [0.05, 0.1) is 6.10 Å². The maximum absolute atomic E-state index is 9.97. The second-order valence-electron chi connectivity index (χ2n) is 5.15. The van der Waals surface area contributed by atoms with Gasteiger partial charge >= 0.3 is 0 Å². The third kappa shape index (κ3) is 1.27. The minimum atomic E-state index is -0.265. The van der Waals surface area contributed by atoms with E-state index < -0.39 is 0 Å². The van der Waals surface area contributed by atoms with Crippen LogP contribution in [0.1, 0.15) is 48.6 Å². The third-order valence-electron chi connectivity index (χ3n) is 3.25. The number of hydrogen-bond donors (Lipinski definition) is 1. The second kappa shape index (κ2) is 2.83. The van der Waals surface area contributed by atoms with Gasteiger partial charge in [-0.25, -0.2) is 0 Å². The molecule has 76 valence electrons. The van der Waals surface area contributed by atoms with Gasteiger partial charge in [-0.2, -0.15) is 0 Å².